The number of nitrogens with zero attached hydrogens (tertiary/aromatic N) is 1. The number of nitrogens with one attached hydrogen (secondary N) is 1. The van der Waals surface area contributed by atoms with Crippen LogP contribution in [0.25, 0.3) is 0 Å². The summed E-state index contributed by atoms with van der Waals surface area (Å²) in [5.74, 6) is 3.33. The van der Waals surface area contributed by atoms with Crippen molar-refractivity contribution in [1.29, 1.82) is 0 Å². The van der Waals surface area contributed by atoms with Gasteiger partial charge in [-0.05, 0) is 134 Å². The summed E-state index contributed by atoms with van der Waals surface area (Å²) in [5.41, 5.74) is 0.0680. The van der Waals surface area contributed by atoms with Crippen LogP contribution < -0.4 is 5.32 Å². The lowest BCUT2D eigenvalue weighted by Gasteiger charge is -2.62. The van der Waals surface area contributed by atoms with Crippen molar-refractivity contribution in [2.24, 2.45) is 40.4 Å². The summed E-state index contributed by atoms with van der Waals surface area (Å²) in [4.78, 5) is 40.1. The van der Waals surface area contributed by atoms with Crippen LogP contribution in [-0.2, 0) is 19.1 Å². The van der Waals surface area contributed by atoms with Gasteiger partial charge in [-0.1, -0.05) is 13.8 Å². The molecule has 0 saturated heterocycles. The van der Waals surface area contributed by atoms with Crippen molar-refractivity contribution in [3.8, 4) is 0 Å². The van der Waals surface area contributed by atoms with Crippen molar-refractivity contribution < 1.29 is 19.1 Å². The Morgan fingerprint density at radius 2 is 1.64 bits per heavy atom. The van der Waals surface area contributed by atoms with Crippen LogP contribution in [-0.4, -0.2) is 65.8 Å². The van der Waals surface area contributed by atoms with Crippen LogP contribution in [0, 0.1) is 40.4 Å². The smallest absolute Gasteiger partial charge is 0.316 e. The summed E-state index contributed by atoms with van der Waals surface area (Å²) in [6, 6.07) is 0. The third-order valence-electron chi connectivity index (χ3n) is 11.7. The third kappa shape index (κ3) is 6.10. The standard InChI is InChI=1S/C32H54N2O4S/c1-21(35)24-11-12-25-23-10-9-22-19-30(4,15-16-31(22,5)26(23)13-14-32(24,25)6)38-27(36)20-39-29(2,3)28(37)33-17-18-34(7)8/h22-26H,9-20H2,1-8H3,(H,33,37)/t22-,23-,24+,25-,26-,30+,31-,32+/m0/s1. The summed E-state index contributed by atoms with van der Waals surface area (Å²) < 4.78 is 5.50. The van der Waals surface area contributed by atoms with E-state index in [1.165, 1.54) is 43.9 Å². The number of ketones is 1. The summed E-state index contributed by atoms with van der Waals surface area (Å²) in [5, 5.41) is 2.98. The van der Waals surface area contributed by atoms with E-state index < -0.39 is 10.3 Å². The van der Waals surface area contributed by atoms with Gasteiger partial charge in [-0.25, -0.2) is 0 Å². The van der Waals surface area contributed by atoms with E-state index >= 15 is 0 Å². The van der Waals surface area contributed by atoms with Gasteiger partial charge in [0.15, 0.2) is 0 Å². The zero-order valence-corrected chi connectivity index (χ0v) is 26.7. The molecular formula is C32H54N2O4S. The van der Waals surface area contributed by atoms with Gasteiger partial charge >= 0.3 is 5.97 Å². The average molecular weight is 563 g/mol. The quantitative estimate of drug-likeness (QED) is 0.362. The normalized spacial score (nSPS) is 39.9. The maximum Gasteiger partial charge on any atom is 0.316 e. The molecule has 4 fully saturated rings. The molecular weight excluding hydrogens is 508 g/mol. The van der Waals surface area contributed by atoms with Crippen LogP contribution in [0.2, 0.25) is 0 Å². The second-order valence-corrected chi connectivity index (χ2v) is 16.5. The van der Waals surface area contributed by atoms with Crippen molar-refractivity contribution in [1.82, 2.24) is 10.2 Å². The monoisotopic (exact) mass is 562 g/mol. The highest BCUT2D eigenvalue weighted by Gasteiger charge is 2.61. The lowest BCUT2D eigenvalue weighted by Crippen LogP contribution is -2.56. The van der Waals surface area contributed by atoms with Gasteiger partial charge in [-0.3, -0.25) is 14.4 Å². The maximum absolute atomic E-state index is 13.0. The number of Topliss-reactive ketones (excluding diaryl/α,β-unsaturated/α-hetero) is 1. The predicted octanol–water partition coefficient (Wildman–Crippen LogP) is 5.73. The van der Waals surface area contributed by atoms with Crippen molar-refractivity contribution in [2.75, 3.05) is 32.9 Å². The molecule has 4 rings (SSSR count). The van der Waals surface area contributed by atoms with E-state index in [1.807, 2.05) is 39.8 Å². The fourth-order valence-corrected chi connectivity index (χ4v) is 10.1. The number of carbonyl (C=O) groups is 3. The highest BCUT2D eigenvalue weighted by atomic mass is 32.2. The van der Waals surface area contributed by atoms with Crippen LogP contribution >= 0.6 is 11.8 Å². The van der Waals surface area contributed by atoms with Crippen LogP contribution in [0.3, 0.4) is 0 Å². The Morgan fingerprint density at radius 1 is 0.949 bits per heavy atom. The average Bonchev–Trinajstić information content (AvgIpc) is 3.20. The van der Waals surface area contributed by atoms with Gasteiger partial charge in [0.1, 0.15) is 11.4 Å². The van der Waals surface area contributed by atoms with E-state index in [0.29, 0.717) is 29.6 Å². The molecule has 4 aliphatic carbocycles. The molecule has 0 aromatic carbocycles. The van der Waals surface area contributed by atoms with Crippen molar-refractivity contribution in [3.63, 3.8) is 0 Å². The molecule has 8 atom stereocenters. The van der Waals surface area contributed by atoms with E-state index in [1.54, 1.807) is 0 Å². The first-order chi connectivity index (χ1) is 18.1. The fourth-order valence-electron chi connectivity index (χ4n) is 9.39. The maximum atomic E-state index is 13.0. The summed E-state index contributed by atoms with van der Waals surface area (Å²) in [7, 11) is 3.96. The van der Waals surface area contributed by atoms with E-state index in [2.05, 4.69) is 26.1 Å². The Balaban J connectivity index is 1.33. The third-order valence-corrected chi connectivity index (χ3v) is 13.0. The molecule has 0 radical (unpaired) electrons. The summed E-state index contributed by atoms with van der Waals surface area (Å²) in [6.07, 6.45) is 10.2. The first-order valence-electron chi connectivity index (χ1n) is 15.4. The zero-order chi connectivity index (χ0) is 28.8. The van der Waals surface area contributed by atoms with Gasteiger partial charge in [0.2, 0.25) is 5.91 Å². The minimum absolute atomic E-state index is 0.0426. The molecule has 0 aromatic rings. The molecule has 1 amide bonds. The van der Waals surface area contributed by atoms with Gasteiger partial charge in [0, 0.05) is 19.0 Å². The number of hydrogen-bond acceptors (Lipinski definition) is 6. The predicted molar refractivity (Wildman–Crippen MR) is 158 cm³/mol. The van der Waals surface area contributed by atoms with Crippen molar-refractivity contribution in [3.05, 3.63) is 0 Å². The fraction of sp³-hybridized carbons (Fsp3) is 0.906. The number of thioether (sulfide) groups is 1. The second-order valence-electron chi connectivity index (χ2n) is 14.9. The Hall–Kier alpha value is -1.08. The van der Waals surface area contributed by atoms with Gasteiger partial charge in [0.05, 0.1) is 10.5 Å². The highest BCUT2D eigenvalue weighted by molar-refractivity contribution is 8.02. The lowest BCUT2D eigenvalue weighted by molar-refractivity contribution is -0.178. The van der Waals surface area contributed by atoms with Crippen molar-refractivity contribution in [2.45, 2.75) is 110 Å². The highest BCUT2D eigenvalue weighted by Crippen LogP contribution is 2.68. The minimum atomic E-state index is -0.688. The molecule has 0 spiro atoms. The molecule has 0 heterocycles. The van der Waals surface area contributed by atoms with Gasteiger partial charge in [0.25, 0.3) is 0 Å². The Bertz CT molecular complexity index is 952. The van der Waals surface area contributed by atoms with E-state index in [9.17, 15) is 14.4 Å². The van der Waals surface area contributed by atoms with E-state index in [-0.39, 0.29) is 29.0 Å². The minimum Gasteiger partial charge on any atom is -0.459 e. The number of hydrogen-bond donors (Lipinski definition) is 1. The van der Waals surface area contributed by atoms with Crippen LogP contribution in [0.4, 0.5) is 0 Å². The molecule has 0 unspecified atom stereocenters. The number of fused-ring (bicyclic) bond motifs is 5. The summed E-state index contributed by atoms with van der Waals surface area (Å²) in [6.45, 7) is 14.0. The number of rotatable bonds is 9. The zero-order valence-electron chi connectivity index (χ0n) is 25.9. The Labute approximate surface area is 241 Å². The Morgan fingerprint density at radius 3 is 2.31 bits per heavy atom. The number of likely N-dealkylation sites (N-methyl/N-ethyl adjacent to an activating group) is 1. The Kier molecular flexibility index (Phi) is 8.95. The van der Waals surface area contributed by atoms with Gasteiger partial charge in [-0.15, -0.1) is 11.8 Å². The molecule has 6 nitrogen and oxygen atoms in total. The van der Waals surface area contributed by atoms with Gasteiger partial charge in [-0.2, -0.15) is 0 Å². The number of amides is 1. The molecule has 4 saturated carbocycles. The molecule has 4 aliphatic rings. The topological polar surface area (TPSA) is 75.7 Å². The molecule has 0 aromatic heterocycles. The van der Waals surface area contributed by atoms with Gasteiger partial charge < -0.3 is 15.0 Å². The lowest BCUT2D eigenvalue weighted by atomic mass is 9.44. The molecule has 1 N–H and O–H groups in total. The number of ether oxygens (including phenoxy) is 1. The molecule has 39 heavy (non-hydrogen) atoms. The number of esters is 1. The van der Waals surface area contributed by atoms with Crippen LogP contribution in [0.5, 0.6) is 0 Å². The molecule has 0 bridgehead atoms. The summed E-state index contributed by atoms with van der Waals surface area (Å²) >= 11 is 1.36. The second kappa shape index (κ2) is 11.3. The SMILES string of the molecule is CC(=O)[C@H]1CC[C@H]2[C@@H]3CC[C@H]4C[C@](C)(OC(=O)CSC(C)(C)C(=O)NCCN(C)C)CC[C@]4(C)[C@H]3CC[C@]12C. The van der Waals surface area contributed by atoms with Crippen LogP contribution in [0.1, 0.15) is 99.3 Å². The first-order valence-corrected chi connectivity index (χ1v) is 16.4. The van der Waals surface area contributed by atoms with E-state index in [4.69, 9.17) is 4.74 Å². The first kappa shape index (κ1) is 30.9. The number of carbonyl (C=O) groups excluding carboxylic acids is 3. The largest absolute Gasteiger partial charge is 0.459 e. The van der Waals surface area contributed by atoms with Crippen molar-refractivity contribution >= 4 is 29.4 Å². The van der Waals surface area contributed by atoms with Crippen LogP contribution in [0.15, 0.2) is 0 Å². The molecule has 222 valence electrons. The molecule has 0 aliphatic heterocycles. The van der Waals surface area contributed by atoms with E-state index in [0.717, 1.165) is 44.1 Å². The molecule has 7 heteroatoms.